The van der Waals surface area contributed by atoms with Gasteiger partial charge in [0.2, 0.25) is 0 Å². The number of likely N-dealkylation sites (tertiary alicyclic amines) is 1. The number of hydrogen-bond donors (Lipinski definition) is 1. The van der Waals surface area contributed by atoms with Gasteiger partial charge in [0.25, 0.3) is 0 Å². The smallest absolute Gasteiger partial charge is 0.0169 e. The minimum absolute atomic E-state index is 0.620. The molecule has 2 saturated heterocycles. The molecule has 2 aliphatic heterocycles. The summed E-state index contributed by atoms with van der Waals surface area (Å²) in [6.07, 6.45) is 2.78. The van der Waals surface area contributed by atoms with Crippen molar-refractivity contribution in [1.82, 2.24) is 9.21 Å². The average Bonchev–Trinajstić information content (AvgIpc) is 1.84. The predicted octanol–water partition coefficient (Wildman–Crippen LogP) is 0.859. The summed E-state index contributed by atoms with van der Waals surface area (Å²) in [6.45, 7) is 4.96. The van der Waals surface area contributed by atoms with Crippen molar-refractivity contribution < 1.29 is 0 Å². The quantitative estimate of drug-likeness (QED) is 0.541. The molecule has 2 nitrogen and oxygen atoms in total. The molecule has 0 N–H and O–H groups in total. The van der Waals surface area contributed by atoms with Gasteiger partial charge in [-0.25, -0.2) is 0 Å². The molecule has 64 valence electrons. The molecule has 2 fully saturated rings. The molecular formula is C8H16N2S. The SMILES string of the molecule is CN1CCCC2(C1)CN(S)C2. The van der Waals surface area contributed by atoms with E-state index in [0.717, 1.165) is 0 Å². The highest BCUT2D eigenvalue weighted by Gasteiger charge is 2.43. The Labute approximate surface area is 74.1 Å². The van der Waals surface area contributed by atoms with E-state index in [4.69, 9.17) is 0 Å². The van der Waals surface area contributed by atoms with E-state index in [1.807, 2.05) is 0 Å². The third kappa shape index (κ3) is 1.42. The number of thiol groups is 1. The Kier molecular flexibility index (Phi) is 1.90. The highest BCUT2D eigenvalue weighted by atomic mass is 32.1. The van der Waals surface area contributed by atoms with Crippen LogP contribution >= 0.6 is 12.8 Å². The summed E-state index contributed by atoms with van der Waals surface area (Å²) in [5.74, 6) is 0. The maximum Gasteiger partial charge on any atom is 0.0169 e. The maximum atomic E-state index is 4.31. The Bertz CT molecular complexity index is 149. The van der Waals surface area contributed by atoms with Crippen LogP contribution in [0.3, 0.4) is 0 Å². The first-order valence-corrected chi connectivity index (χ1v) is 4.73. The molecule has 1 spiro atoms. The molecule has 0 aromatic carbocycles. The van der Waals surface area contributed by atoms with Crippen LogP contribution in [0.2, 0.25) is 0 Å². The summed E-state index contributed by atoms with van der Waals surface area (Å²) in [5.41, 5.74) is 0.620. The van der Waals surface area contributed by atoms with Gasteiger partial charge in [-0.2, -0.15) is 0 Å². The third-order valence-corrected chi connectivity index (χ3v) is 3.17. The molecule has 2 heterocycles. The molecular weight excluding hydrogens is 156 g/mol. The van der Waals surface area contributed by atoms with Gasteiger partial charge in [-0.3, -0.25) is 4.31 Å². The summed E-state index contributed by atoms with van der Waals surface area (Å²) < 4.78 is 2.12. The number of hydrogen-bond acceptors (Lipinski definition) is 3. The van der Waals surface area contributed by atoms with E-state index in [2.05, 4.69) is 29.1 Å². The number of nitrogens with zero attached hydrogens (tertiary/aromatic N) is 2. The third-order valence-electron chi connectivity index (χ3n) is 2.89. The van der Waals surface area contributed by atoms with Crippen molar-refractivity contribution in [1.29, 1.82) is 0 Å². The molecule has 11 heavy (non-hydrogen) atoms. The molecule has 0 atom stereocenters. The summed E-state index contributed by atoms with van der Waals surface area (Å²) in [5, 5.41) is 0. The van der Waals surface area contributed by atoms with Gasteiger partial charge in [-0.15, -0.1) is 0 Å². The Hall–Kier alpha value is 0.270. The summed E-state index contributed by atoms with van der Waals surface area (Å²) >= 11 is 4.31. The number of rotatable bonds is 0. The first-order chi connectivity index (χ1) is 5.20. The predicted molar refractivity (Wildman–Crippen MR) is 49.7 cm³/mol. The fourth-order valence-electron chi connectivity index (χ4n) is 2.44. The molecule has 0 radical (unpaired) electrons. The van der Waals surface area contributed by atoms with E-state index in [0.29, 0.717) is 5.41 Å². The van der Waals surface area contributed by atoms with Crippen LogP contribution in [0.25, 0.3) is 0 Å². The van der Waals surface area contributed by atoms with Gasteiger partial charge in [0.1, 0.15) is 0 Å². The van der Waals surface area contributed by atoms with Crippen molar-refractivity contribution >= 4 is 12.8 Å². The van der Waals surface area contributed by atoms with E-state index >= 15 is 0 Å². The van der Waals surface area contributed by atoms with Crippen molar-refractivity contribution in [2.75, 3.05) is 33.2 Å². The number of piperidine rings is 1. The van der Waals surface area contributed by atoms with Crippen LogP contribution < -0.4 is 0 Å². The summed E-state index contributed by atoms with van der Waals surface area (Å²) in [7, 11) is 2.22. The lowest BCUT2D eigenvalue weighted by molar-refractivity contribution is 0.00608. The second-order valence-corrected chi connectivity index (χ2v) is 4.73. The Morgan fingerprint density at radius 2 is 2.00 bits per heavy atom. The van der Waals surface area contributed by atoms with Gasteiger partial charge >= 0.3 is 0 Å². The van der Waals surface area contributed by atoms with Crippen LogP contribution in [-0.4, -0.2) is 42.4 Å². The van der Waals surface area contributed by atoms with Gasteiger partial charge in [0.15, 0.2) is 0 Å². The summed E-state index contributed by atoms with van der Waals surface area (Å²) in [4.78, 5) is 2.45. The highest BCUT2D eigenvalue weighted by Crippen LogP contribution is 2.39. The lowest BCUT2D eigenvalue weighted by Gasteiger charge is -2.52. The molecule has 2 aliphatic rings. The van der Waals surface area contributed by atoms with Crippen LogP contribution in [0.1, 0.15) is 12.8 Å². The fraction of sp³-hybridized carbons (Fsp3) is 1.00. The van der Waals surface area contributed by atoms with Gasteiger partial charge in [-0.05, 0) is 26.4 Å². The first-order valence-electron chi connectivity index (χ1n) is 4.33. The highest BCUT2D eigenvalue weighted by molar-refractivity contribution is 7.77. The van der Waals surface area contributed by atoms with Crippen LogP contribution in [-0.2, 0) is 0 Å². The van der Waals surface area contributed by atoms with E-state index in [1.54, 1.807) is 0 Å². The van der Waals surface area contributed by atoms with Crippen LogP contribution in [0.15, 0.2) is 0 Å². The summed E-state index contributed by atoms with van der Waals surface area (Å²) in [6, 6.07) is 0. The van der Waals surface area contributed by atoms with Crippen molar-refractivity contribution in [3.8, 4) is 0 Å². The van der Waals surface area contributed by atoms with Crippen molar-refractivity contribution in [3.05, 3.63) is 0 Å². The zero-order valence-corrected chi connectivity index (χ0v) is 7.98. The molecule has 0 aliphatic carbocycles. The lowest BCUT2D eigenvalue weighted by atomic mass is 9.75. The standard InChI is InChI=1S/C8H16N2S/c1-9-4-2-3-8(5-9)6-10(11)7-8/h11H,2-7H2,1H3. The van der Waals surface area contributed by atoms with Crippen LogP contribution in [0, 0.1) is 5.41 Å². The second-order valence-electron chi connectivity index (χ2n) is 4.16. The molecule has 0 unspecified atom stereocenters. The zero-order chi connectivity index (χ0) is 7.90. The van der Waals surface area contributed by atoms with Gasteiger partial charge in [0, 0.05) is 25.0 Å². The van der Waals surface area contributed by atoms with Crippen LogP contribution in [0.5, 0.6) is 0 Å². The normalized spacial score (nSPS) is 32.2. The van der Waals surface area contributed by atoms with Gasteiger partial charge in [-0.1, -0.05) is 12.8 Å². The van der Waals surface area contributed by atoms with Gasteiger partial charge in [0.05, 0.1) is 0 Å². The van der Waals surface area contributed by atoms with E-state index in [9.17, 15) is 0 Å². The molecule has 0 aromatic rings. The van der Waals surface area contributed by atoms with E-state index < -0.39 is 0 Å². The van der Waals surface area contributed by atoms with Crippen molar-refractivity contribution in [2.45, 2.75) is 12.8 Å². The van der Waals surface area contributed by atoms with E-state index in [1.165, 1.54) is 39.0 Å². The Morgan fingerprint density at radius 3 is 2.55 bits per heavy atom. The largest absolute Gasteiger partial charge is 0.306 e. The first kappa shape index (κ1) is 7.90. The minimum Gasteiger partial charge on any atom is -0.306 e. The zero-order valence-electron chi connectivity index (χ0n) is 7.08. The molecule has 0 aromatic heterocycles. The molecule has 0 bridgehead atoms. The van der Waals surface area contributed by atoms with Gasteiger partial charge < -0.3 is 4.90 Å². The topological polar surface area (TPSA) is 6.48 Å². The lowest BCUT2D eigenvalue weighted by Crippen LogP contribution is -2.59. The molecule has 2 rings (SSSR count). The molecule has 0 amide bonds. The van der Waals surface area contributed by atoms with Crippen molar-refractivity contribution in [3.63, 3.8) is 0 Å². The minimum atomic E-state index is 0.620. The average molecular weight is 172 g/mol. The Morgan fingerprint density at radius 1 is 1.27 bits per heavy atom. The van der Waals surface area contributed by atoms with E-state index in [-0.39, 0.29) is 0 Å². The van der Waals surface area contributed by atoms with Crippen molar-refractivity contribution in [2.24, 2.45) is 5.41 Å². The Balaban J connectivity index is 1.93. The van der Waals surface area contributed by atoms with Crippen LogP contribution in [0.4, 0.5) is 0 Å². The molecule has 0 saturated carbocycles. The molecule has 3 heteroatoms. The second kappa shape index (κ2) is 2.64. The fourth-order valence-corrected chi connectivity index (χ4v) is 3.04. The monoisotopic (exact) mass is 172 g/mol. The maximum absolute atomic E-state index is 4.31.